The minimum Gasteiger partial charge on any atom is -0.367 e. The lowest BCUT2D eigenvalue weighted by molar-refractivity contribution is -0.117. The molecule has 0 aliphatic heterocycles. The molecule has 9 heteroatoms. The third-order valence-corrected chi connectivity index (χ3v) is 5.40. The molecular weight excluding hydrogens is 364 g/mol. The summed E-state index contributed by atoms with van der Waals surface area (Å²) in [6.45, 7) is 6.75. The second-order valence-electron chi connectivity index (χ2n) is 6.46. The van der Waals surface area contributed by atoms with Crippen LogP contribution in [-0.2, 0) is 11.3 Å². The van der Waals surface area contributed by atoms with Gasteiger partial charge in [-0.25, -0.2) is 14.6 Å². The number of rotatable bonds is 6. The third kappa shape index (κ3) is 3.97. The average molecular weight is 386 g/mol. The van der Waals surface area contributed by atoms with Gasteiger partial charge < -0.3 is 4.90 Å². The number of amides is 1. The summed E-state index contributed by atoms with van der Waals surface area (Å²) in [5.74, 6) is -0.0785. The lowest BCUT2D eigenvalue weighted by Crippen LogP contribution is -2.30. The van der Waals surface area contributed by atoms with E-state index in [1.165, 1.54) is 28.4 Å². The predicted octanol–water partition coefficient (Wildman–Crippen LogP) is 2.47. The number of aromatic nitrogens is 4. The second-order valence-corrected chi connectivity index (χ2v) is 7.50. The van der Waals surface area contributed by atoms with Gasteiger partial charge in [0.1, 0.15) is 11.2 Å². The van der Waals surface area contributed by atoms with Crippen molar-refractivity contribution < 1.29 is 4.79 Å². The molecule has 27 heavy (non-hydrogen) atoms. The first-order valence-corrected chi connectivity index (χ1v) is 9.55. The van der Waals surface area contributed by atoms with E-state index >= 15 is 0 Å². The zero-order valence-corrected chi connectivity index (χ0v) is 16.6. The minimum absolute atomic E-state index is 0.120. The van der Waals surface area contributed by atoms with Gasteiger partial charge in [-0.3, -0.25) is 14.9 Å². The molecule has 0 spiro atoms. The Bertz CT molecular complexity index is 1010. The van der Waals surface area contributed by atoms with Crippen molar-refractivity contribution in [2.75, 3.05) is 23.8 Å². The molecule has 0 aromatic carbocycles. The molecule has 3 heterocycles. The molecule has 0 bridgehead atoms. The maximum absolute atomic E-state index is 12.9. The Morgan fingerprint density at radius 1 is 1.33 bits per heavy atom. The number of anilines is 2. The highest BCUT2D eigenvalue weighted by molar-refractivity contribution is 7.22. The van der Waals surface area contributed by atoms with Crippen molar-refractivity contribution in [2.45, 2.75) is 33.2 Å². The van der Waals surface area contributed by atoms with E-state index in [9.17, 15) is 9.59 Å². The molecule has 1 N–H and O–H groups in total. The Morgan fingerprint density at radius 3 is 2.67 bits per heavy atom. The predicted molar refractivity (Wildman–Crippen MR) is 108 cm³/mol. The summed E-state index contributed by atoms with van der Waals surface area (Å²) >= 11 is 1.43. The Morgan fingerprint density at radius 2 is 2.04 bits per heavy atom. The van der Waals surface area contributed by atoms with Crippen LogP contribution < -0.4 is 15.8 Å². The molecule has 0 radical (unpaired) electrons. The summed E-state index contributed by atoms with van der Waals surface area (Å²) < 4.78 is 1.84. The van der Waals surface area contributed by atoms with Crippen LogP contribution in [0.15, 0.2) is 29.3 Å². The minimum atomic E-state index is -0.396. The van der Waals surface area contributed by atoms with E-state index in [1.807, 2.05) is 27.0 Å². The zero-order chi connectivity index (χ0) is 19.6. The summed E-state index contributed by atoms with van der Waals surface area (Å²) in [4.78, 5) is 35.2. The van der Waals surface area contributed by atoms with Gasteiger partial charge in [-0.15, -0.1) is 11.3 Å². The molecule has 3 aromatic rings. The van der Waals surface area contributed by atoms with Crippen molar-refractivity contribution in [1.82, 2.24) is 19.7 Å². The summed E-state index contributed by atoms with van der Waals surface area (Å²) in [7, 11) is 1.99. The highest BCUT2D eigenvalue weighted by Crippen LogP contribution is 2.33. The van der Waals surface area contributed by atoms with Crippen LogP contribution in [0.2, 0.25) is 0 Å². The molecule has 0 fully saturated rings. The molecule has 0 saturated heterocycles. The van der Waals surface area contributed by atoms with Crippen molar-refractivity contribution in [2.24, 2.45) is 0 Å². The van der Waals surface area contributed by atoms with Crippen LogP contribution in [0, 0.1) is 0 Å². The zero-order valence-electron chi connectivity index (χ0n) is 15.8. The first-order valence-electron chi connectivity index (χ1n) is 8.73. The van der Waals surface area contributed by atoms with Crippen LogP contribution in [0.4, 0.5) is 10.9 Å². The molecule has 8 nitrogen and oxygen atoms in total. The van der Waals surface area contributed by atoms with Crippen molar-refractivity contribution in [3.05, 3.63) is 40.6 Å². The molecule has 0 saturated carbocycles. The van der Waals surface area contributed by atoms with Crippen LogP contribution in [-0.4, -0.2) is 39.2 Å². The van der Waals surface area contributed by atoms with E-state index in [0.717, 1.165) is 22.6 Å². The van der Waals surface area contributed by atoms with Crippen molar-refractivity contribution in [1.29, 1.82) is 0 Å². The van der Waals surface area contributed by atoms with Gasteiger partial charge in [0.05, 0.1) is 10.7 Å². The van der Waals surface area contributed by atoms with Crippen LogP contribution in [0.1, 0.15) is 32.4 Å². The fourth-order valence-electron chi connectivity index (χ4n) is 2.62. The molecule has 3 aromatic heterocycles. The van der Waals surface area contributed by atoms with Gasteiger partial charge in [-0.2, -0.15) is 5.10 Å². The number of hydrogen-bond donors (Lipinski definition) is 1. The smallest absolute Gasteiger partial charge is 0.285 e. The van der Waals surface area contributed by atoms with Crippen LogP contribution in [0.5, 0.6) is 0 Å². The van der Waals surface area contributed by atoms with E-state index < -0.39 is 5.91 Å². The largest absolute Gasteiger partial charge is 0.367 e. The number of nitrogens with one attached hydrogen (secondary N) is 1. The number of nitrogens with zero attached hydrogens (tertiary/aromatic N) is 5. The second kappa shape index (κ2) is 7.83. The van der Waals surface area contributed by atoms with Crippen LogP contribution in [0.25, 0.3) is 10.1 Å². The molecule has 0 unspecified atom stereocenters. The molecule has 1 amide bonds. The molecule has 0 atom stereocenters. The summed E-state index contributed by atoms with van der Waals surface area (Å²) in [5.41, 5.74) is 0.541. The normalized spacial score (nSPS) is 11.1. The number of fused-ring (bicyclic) bond motifs is 1. The fourth-order valence-corrected chi connectivity index (χ4v) is 3.75. The van der Waals surface area contributed by atoms with Gasteiger partial charge in [0, 0.05) is 31.4 Å². The average Bonchev–Trinajstić information content (AvgIpc) is 3.09. The van der Waals surface area contributed by atoms with Crippen molar-refractivity contribution in [3.63, 3.8) is 0 Å². The Labute approximate surface area is 160 Å². The molecule has 142 valence electrons. The summed E-state index contributed by atoms with van der Waals surface area (Å²) in [5, 5.41) is 8.92. The van der Waals surface area contributed by atoms with Gasteiger partial charge in [0.25, 0.3) is 5.56 Å². The quantitative estimate of drug-likeness (QED) is 0.699. The maximum atomic E-state index is 12.9. The van der Waals surface area contributed by atoms with E-state index in [4.69, 9.17) is 0 Å². The van der Waals surface area contributed by atoms with Crippen molar-refractivity contribution in [3.8, 4) is 0 Å². The van der Waals surface area contributed by atoms with Crippen LogP contribution in [0.3, 0.4) is 0 Å². The number of carbonyl (C=O) groups is 1. The Hall–Kier alpha value is -2.81. The van der Waals surface area contributed by atoms with E-state index in [2.05, 4.69) is 32.2 Å². The van der Waals surface area contributed by atoms with Gasteiger partial charge in [0.2, 0.25) is 11.9 Å². The third-order valence-electron chi connectivity index (χ3n) is 4.16. The fraction of sp³-hybridized carbons (Fsp3) is 0.389. The number of hydrogen-bond acceptors (Lipinski definition) is 7. The number of thiophene rings is 1. The Kier molecular flexibility index (Phi) is 5.50. The van der Waals surface area contributed by atoms with Gasteiger partial charge in [-0.05, 0) is 25.0 Å². The monoisotopic (exact) mass is 386 g/mol. The molecule has 3 rings (SSSR count). The van der Waals surface area contributed by atoms with E-state index in [-0.39, 0.29) is 24.0 Å². The molecular formula is C18H22N6O2S. The van der Waals surface area contributed by atoms with E-state index in [0.29, 0.717) is 4.70 Å². The topological polar surface area (TPSA) is 93.0 Å². The highest BCUT2D eigenvalue weighted by atomic mass is 32.1. The summed E-state index contributed by atoms with van der Waals surface area (Å²) in [6.07, 6.45) is 3.07. The molecule has 0 aliphatic rings. The van der Waals surface area contributed by atoms with Gasteiger partial charge in [-0.1, -0.05) is 13.8 Å². The first kappa shape index (κ1) is 19.0. The molecule has 0 aliphatic carbocycles. The lowest BCUT2D eigenvalue weighted by atomic mass is 10.1. The highest BCUT2D eigenvalue weighted by Gasteiger charge is 2.19. The lowest BCUT2D eigenvalue weighted by Gasteiger charge is -2.12. The summed E-state index contributed by atoms with van der Waals surface area (Å²) in [6, 6.07) is 3.67. The van der Waals surface area contributed by atoms with Crippen molar-refractivity contribution >= 4 is 38.3 Å². The SMILES string of the molecule is CCN(C)c1cc2c(C(C)C)nn(CC(=O)Nc3ncccn3)c(=O)c2s1. The van der Waals surface area contributed by atoms with Crippen LogP contribution >= 0.6 is 11.3 Å². The first-order chi connectivity index (χ1) is 12.9. The maximum Gasteiger partial charge on any atom is 0.285 e. The number of carbonyl (C=O) groups excluding carboxylic acids is 1. The Balaban J connectivity index is 1.99. The van der Waals surface area contributed by atoms with E-state index in [1.54, 1.807) is 6.07 Å². The standard InChI is InChI=1S/C18H22N6O2S/c1-5-23(4)14-9-12-15(11(2)3)22-24(17(26)16(12)27-14)10-13(25)21-18-19-7-6-8-20-18/h6-9,11H,5,10H2,1-4H3,(H,19,20,21,25). The van der Waals surface area contributed by atoms with Gasteiger partial charge in [0.15, 0.2) is 0 Å². The van der Waals surface area contributed by atoms with Gasteiger partial charge >= 0.3 is 0 Å².